The predicted octanol–water partition coefficient (Wildman–Crippen LogP) is 2.30. The molecular weight excluding hydrogens is 212 g/mol. The zero-order valence-electron chi connectivity index (χ0n) is 11.1. The number of rotatable bonds is 4. The molecule has 0 aromatic carbocycles. The summed E-state index contributed by atoms with van der Waals surface area (Å²) in [5.74, 6) is 0.365. The SMILES string of the molecule is CCCC1CCCCN1C(=O)C1(CN)CCC1. The molecule has 1 heterocycles. The highest BCUT2D eigenvalue weighted by Crippen LogP contribution is 2.42. The highest BCUT2D eigenvalue weighted by Gasteiger charge is 2.46. The van der Waals surface area contributed by atoms with E-state index in [1.807, 2.05) is 0 Å². The molecule has 2 N–H and O–H groups in total. The summed E-state index contributed by atoms with van der Waals surface area (Å²) >= 11 is 0. The van der Waals surface area contributed by atoms with E-state index < -0.39 is 0 Å². The van der Waals surface area contributed by atoms with Gasteiger partial charge < -0.3 is 10.6 Å². The number of hydrogen-bond acceptors (Lipinski definition) is 2. The molecule has 3 heteroatoms. The molecule has 2 aliphatic rings. The third-order valence-corrected chi connectivity index (χ3v) is 4.66. The third-order valence-electron chi connectivity index (χ3n) is 4.66. The van der Waals surface area contributed by atoms with Crippen molar-refractivity contribution in [3.05, 3.63) is 0 Å². The summed E-state index contributed by atoms with van der Waals surface area (Å²) in [6, 6.07) is 0.491. The molecule has 0 bridgehead atoms. The van der Waals surface area contributed by atoms with Gasteiger partial charge in [0, 0.05) is 19.1 Å². The first-order valence-corrected chi connectivity index (χ1v) is 7.24. The highest BCUT2D eigenvalue weighted by molar-refractivity contribution is 5.84. The predicted molar refractivity (Wildman–Crippen MR) is 69.6 cm³/mol. The molecule has 1 saturated carbocycles. The molecule has 1 atom stereocenters. The quantitative estimate of drug-likeness (QED) is 0.817. The molecular formula is C14H26N2O. The lowest BCUT2D eigenvalue weighted by molar-refractivity contribution is -0.150. The molecule has 2 fully saturated rings. The van der Waals surface area contributed by atoms with Gasteiger partial charge in [-0.2, -0.15) is 0 Å². The Balaban J connectivity index is 2.05. The van der Waals surface area contributed by atoms with E-state index in [9.17, 15) is 4.79 Å². The minimum atomic E-state index is -0.177. The monoisotopic (exact) mass is 238 g/mol. The summed E-state index contributed by atoms with van der Waals surface area (Å²) < 4.78 is 0. The van der Waals surface area contributed by atoms with Gasteiger partial charge in [0.25, 0.3) is 0 Å². The van der Waals surface area contributed by atoms with Crippen LogP contribution in [0.5, 0.6) is 0 Å². The van der Waals surface area contributed by atoms with Crippen molar-refractivity contribution in [1.82, 2.24) is 4.90 Å². The van der Waals surface area contributed by atoms with Crippen molar-refractivity contribution in [3.63, 3.8) is 0 Å². The molecule has 3 nitrogen and oxygen atoms in total. The Bertz CT molecular complexity index is 266. The zero-order chi connectivity index (χ0) is 12.3. The lowest BCUT2D eigenvalue weighted by Gasteiger charge is -2.46. The summed E-state index contributed by atoms with van der Waals surface area (Å²) in [4.78, 5) is 14.8. The summed E-state index contributed by atoms with van der Waals surface area (Å²) in [7, 11) is 0. The van der Waals surface area contributed by atoms with Crippen LogP contribution in [0.4, 0.5) is 0 Å². The van der Waals surface area contributed by atoms with E-state index in [0.717, 1.165) is 25.8 Å². The molecule has 98 valence electrons. The van der Waals surface area contributed by atoms with Crippen molar-refractivity contribution >= 4 is 5.91 Å². The topological polar surface area (TPSA) is 46.3 Å². The van der Waals surface area contributed by atoms with Gasteiger partial charge in [0.2, 0.25) is 5.91 Å². The van der Waals surface area contributed by atoms with Gasteiger partial charge in [0.15, 0.2) is 0 Å². The van der Waals surface area contributed by atoms with Gasteiger partial charge >= 0.3 is 0 Å². The van der Waals surface area contributed by atoms with Crippen LogP contribution in [0.25, 0.3) is 0 Å². The van der Waals surface area contributed by atoms with Gasteiger partial charge in [-0.05, 0) is 38.5 Å². The van der Waals surface area contributed by atoms with Crippen molar-refractivity contribution in [3.8, 4) is 0 Å². The van der Waals surface area contributed by atoms with Crippen LogP contribution in [0.15, 0.2) is 0 Å². The maximum atomic E-state index is 12.7. The molecule has 1 aliphatic carbocycles. The Kier molecular flexibility index (Phi) is 4.08. The van der Waals surface area contributed by atoms with Crippen LogP contribution >= 0.6 is 0 Å². The van der Waals surface area contributed by atoms with E-state index in [4.69, 9.17) is 5.73 Å². The van der Waals surface area contributed by atoms with E-state index in [0.29, 0.717) is 18.5 Å². The second-order valence-electron chi connectivity index (χ2n) is 5.77. The normalized spacial score (nSPS) is 27.6. The molecule has 1 unspecified atom stereocenters. The average Bonchev–Trinajstić information content (AvgIpc) is 2.29. The molecule has 1 aliphatic heterocycles. The number of likely N-dealkylation sites (tertiary alicyclic amines) is 1. The minimum Gasteiger partial charge on any atom is -0.339 e. The van der Waals surface area contributed by atoms with Crippen molar-refractivity contribution in [1.29, 1.82) is 0 Å². The summed E-state index contributed by atoms with van der Waals surface area (Å²) in [5, 5.41) is 0. The maximum Gasteiger partial charge on any atom is 0.230 e. The number of amides is 1. The van der Waals surface area contributed by atoms with Crippen LogP contribution in [-0.4, -0.2) is 29.9 Å². The summed E-state index contributed by atoms with van der Waals surface area (Å²) in [5.41, 5.74) is 5.67. The Morgan fingerprint density at radius 1 is 1.35 bits per heavy atom. The molecule has 1 saturated heterocycles. The van der Waals surface area contributed by atoms with Crippen molar-refractivity contribution in [2.45, 2.75) is 64.3 Å². The fourth-order valence-corrected chi connectivity index (χ4v) is 3.31. The second kappa shape index (κ2) is 5.38. The maximum absolute atomic E-state index is 12.7. The molecule has 17 heavy (non-hydrogen) atoms. The van der Waals surface area contributed by atoms with Gasteiger partial charge in [-0.25, -0.2) is 0 Å². The van der Waals surface area contributed by atoms with Gasteiger partial charge in [-0.15, -0.1) is 0 Å². The summed E-state index contributed by atoms with van der Waals surface area (Å²) in [6.45, 7) is 3.71. The first-order valence-electron chi connectivity index (χ1n) is 7.24. The van der Waals surface area contributed by atoms with Crippen molar-refractivity contribution < 1.29 is 4.79 Å². The van der Waals surface area contributed by atoms with Gasteiger partial charge in [0.05, 0.1) is 5.41 Å². The molecule has 1 amide bonds. The fraction of sp³-hybridized carbons (Fsp3) is 0.929. The van der Waals surface area contributed by atoms with Crippen LogP contribution in [0, 0.1) is 5.41 Å². The van der Waals surface area contributed by atoms with Gasteiger partial charge in [-0.1, -0.05) is 19.8 Å². The number of piperidine rings is 1. The van der Waals surface area contributed by atoms with Crippen LogP contribution in [0.2, 0.25) is 0 Å². The minimum absolute atomic E-state index is 0.177. The largest absolute Gasteiger partial charge is 0.339 e. The molecule has 2 rings (SSSR count). The fourth-order valence-electron chi connectivity index (χ4n) is 3.31. The Labute approximate surface area is 105 Å². The van der Waals surface area contributed by atoms with Crippen molar-refractivity contribution in [2.75, 3.05) is 13.1 Å². The van der Waals surface area contributed by atoms with Crippen LogP contribution in [0.1, 0.15) is 58.3 Å². The van der Waals surface area contributed by atoms with Gasteiger partial charge in [-0.3, -0.25) is 4.79 Å². The first-order chi connectivity index (χ1) is 8.23. The Morgan fingerprint density at radius 2 is 2.12 bits per heavy atom. The van der Waals surface area contributed by atoms with Crippen molar-refractivity contribution in [2.24, 2.45) is 11.1 Å². The van der Waals surface area contributed by atoms with E-state index in [1.54, 1.807) is 0 Å². The average molecular weight is 238 g/mol. The zero-order valence-corrected chi connectivity index (χ0v) is 11.1. The van der Waals surface area contributed by atoms with Gasteiger partial charge in [0.1, 0.15) is 0 Å². The number of nitrogens with two attached hydrogens (primary N) is 1. The Morgan fingerprint density at radius 3 is 2.65 bits per heavy atom. The number of hydrogen-bond donors (Lipinski definition) is 1. The van der Waals surface area contributed by atoms with Crippen LogP contribution in [0.3, 0.4) is 0 Å². The molecule has 0 spiro atoms. The molecule has 0 radical (unpaired) electrons. The standard InChI is InChI=1S/C14H26N2O/c1-2-6-12-7-3-4-10-16(12)13(17)14(11-15)8-5-9-14/h12H,2-11,15H2,1H3. The smallest absolute Gasteiger partial charge is 0.230 e. The highest BCUT2D eigenvalue weighted by atomic mass is 16.2. The van der Waals surface area contributed by atoms with E-state index in [2.05, 4.69) is 11.8 Å². The third kappa shape index (κ3) is 2.35. The molecule has 0 aromatic rings. The first kappa shape index (κ1) is 12.9. The number of carbonyl (C=O) groups excluding carboxylic acids is 1. The number of carbonyl (C=O) groups is 1. The van der Waals surface area contributed by atoms with E-state index in [1.165, 1.54) is 32.1 Å². The van der Waals surface area contributed by atoms with Crippen LogP contribution in [-0.2, 0) is 4.79 Å². The Hall–Kier alpha value is -0.570. The second-order valence-corrected chi connectivity index (χ2v) is 5.77. The van der Waals surface area contributed by atoms with Crippen LogP contribution < -0.4 is 5.73 Å². The van der Waals surface area contributed by atoms with E-state index >= 15 is 0 Å². The number of nitrogens with zero attached hydrogens (tertiary/aromatic N) is 1. The summed E-state index contributed by atoms with van der Waals surface area (Å²) in [6.07, 6.45) is 9.18. The lowest BCUT2D eigenvalue weighted by Crippen LogP contribution is -2.56. The van der Waals surface area contributed by atoms with E-state index in [-0.39, 0.29) is 5.41 Å². The lowest BCUT2D eigenvalue weighted by atomic mass is 9.67. The molecule has 0 aromatic heterocycles.